The summed E-state index contributed by atoms with van der Waals surface area (Å²) in [5.41, 5.74) is 5.45. The maximum Gasteiger partial charge on any atom is 0.172 e. The molecule has 52 valence electrons. The highest BCUT2D eigenvalue weighted by Gasteiger charge is 2.12. The Balaban J connectivity index is 3.87. The molecule has 0 aromatic heterocycles. The Kier molecular flexibility index (Phi) is 3.17. The Morgan fingerprint density at radius 3 is 2.22 bits per heavy atom. The van der Waals surface area contributed by atoms with E-state index in [0.29, 0.717) is 0 Å². The first-order valence-corrected chi connectivity index (χ1v) is 3.01. The van der Waals surface area contributed by atoms with Crippen molar-refractivity contribution in [2.75, 3.05) is 0 Å². The van der Waals surface area contributed by atoms with Crippen molar-refractivity contribution in [3.63, 3.8) is 0 Å². The maximum atomic E-state index is 10.7. The summed E-state index contributed by atoms with van der Waals surface area (Å²) in [6.07, 6.45) is 1.27. The van der Waals surface area contributed by atoms with Crippen molar-refractivity contribution >= 4 is 5.78 Å². The first kappa shape index (κ1) is 8.37. The van der Waals surface area contributed by atoms with Gasteiger partial charge < -0.3 is 5.73 Å². The summed E-state index contributed by atoms with van der Waals surface area (Å²) in [5, 5.41) is 0. The van der Waals surface area contributed by atoms with Gasteiger partial charge in [-0.15, -0.1) is 0 Å². The highest BCUT2D eigenvalue weighted by molar-refractivity contribution is 5.93. The third kappa shape index (κ3) is 2.42. The highest BCUT2D eigenvalue weighted by Crippen LogP contribution is 1.98. The van der Waals surface area contributed by atoms with Gasteiger partial charge in [-0.1, -0.05) is 20.4 Å². The van der Waals surface area contributed by atoms with Crippen LogP contribution < -0.4 is 5.73 Å². The van der Waals surface area contributed by atoms with Gasteiger partial charge in [-0.25, -0.2) is 0 Å². The number of hydrogen-bond acceptors (Lipinski definition) is 2. The average Bonchev–Trinajstić information content (AvgIpc) is 1.84. The Morgan fingerprint density at radius 2 is 2.11 bits per heavy atom. The highest BCUT2D eigenvalue weighted by atomic mass is 16.1. The van der Waals surface area contributed by atoms with Crippen LogP contribution in [0.1, 0.15) is 13.8 Å². The van der Waals surface area contributed by atoms with Gasteiger partial charge in [-0.3, -0.25) is 4.79 Å². The summed E-state index contributed by atoms with van der Waals surface area (Å²) in [5.74, 6) is 0.125. The summed E-state index contributed by atoms with van der Waals surface area (Å²) >= 11 is 0. The van der Waals surface area contributed by atoms with Gasteiger partial charge in [0.25, 0.3) is 0 Å². The van der Waals surface area contributed by atoms with Gasteiger partial charge in [0.15, 0.2) is 5.78 Å². The van der Waals surface area contributed by atoms with Gasteiger partial charge >= 0.3 is 0 Å². The quantitative estimate of drug-likeness (QED) is 0.568. The zero-order valence-electron chi connectivity index (χ0n) is 5.92. The van der Waals surface area contributed by atoms with Crippen LogP contribution in [0.25, 0.3) is 0 Å². The molecule has 0 radical (unpaired) electrons. The molecule has 0 saturated heterocycles. The number of ketones is 1. The van der Waals surface area contributed by atoms with Crippen LogP contribution in [0.3, 0.4) is 0 Å². The molecule has 9 heavy (non-hydrogen) atoms. The van der Waals surface area contributed by atoms with E-state index in [4.69, 9.17) is 5.73 Å². The Morgan fingerprint density at radius 1 is 1.67 bits per heavy atom. The van der Waals surface area contributed by atoms with Gasteiger partial charge in [0.1, 0.15) is 0 Å². The lowest BCUT2D eigenvalue weighted by atomic mass is 10.0. The second-order valence-electron chi connectivity index (χ2n) is 2.38. The molecule has 2 N–H and O–H groups in total. The van der Waals surface area contributed by atoms with E-state index in [1.54, 1.807) is 0 Å². The Bertz CT molecular complexity index is 118. The summed E-state index contributed by atoms with van der Waals surface area (Å²) in [6.45, 7) is 7.15. The van der Waals surface area contributed by atoms with Crippen LogP contribution in [0.2, 0.25) is 0 Å². The molecule has 0 aliphatic rings. The fraction of sp³-hybridized carbons (Fsp3) is 0.571. The standard InChI is InChI=1S/C7H13NO/c1-4-6(9)7(8)5(2)3/h4-5,7H,1,8H2,2-3H3. The predicted molar refractivity (Wildman–Crippen MR) is 38.0 cm³/mol. The minimum atomic E-state index is -0.373. The maximum absolute atomic E-state index is 10.7. The van der Waals surface area contributed by atoms with Crippen LogP contribution in [-0.4, -0.2) is 11.8 Å². The summed E-state index contributed by atoms with van der Waals surface area (Å²) in [4.78, 5) is 10.7. The molecule has 1 atom stereocenters. The third-order valence-corrected chi connectivity index (χ3v) is 1.25. The topological polar surface area (TPSA) is 43.1 Å². The molecule has 0 rings (SSSR count). The minimum Gasteiger partial charge on any atom is -0.321 e. The molecule has 0 aromatic carbocycles. The van der Waals surface area contributed by atoms with Crippen LogP contribution in [-0.2, 0) is 4.79 Å². The van der Waals surface area contributed by atoms with Gasteiger partial charge in [-0.05, 0) is 12.0 Å². The van der Waals surface area contributed by atoms with E-state index in [0.717, 1.165) is 0 Å². The van der Waals surface area contributed by atoms with E-state index in [-0.39, 0.29) is 17.7 Å². The summed E-state index contributed by atoms with van der Waals surface area (Å²) in [6, 6.07) is -0.373. The van der Waals surface area contributed by atoms with Gasteiger partial charge in [-0.2, -0.15) is 0 Å². The lowest BCUT2D eigenvalue weighted by molar-refractivity contribution is -0.116. The second-order valence-corrected chi connectivity index (χ2v) is 2.38. The van der Waals surface area contributed by atoms with E-state index < -0.39 is 0 Å². The van der Waals surface area contributed by atoms with Crippen molar-refractivity contribution in [2.24, 2.45) is 11.7 Å². The van der Waals surface area contributed by atoms with Gasteiger partial charge in [0.05, 0.1) is 6.04 Å². The number of hydrogen-bond donors (Lipinski definition) is 1. The molecule has 2 nitrogen and oxygen atoms in total. The fourth-order valence-electron chi connectivity index (χ4n) is 0.465. The molecule has 0 bridgehead atoms. The average molecular weight is 127 g/mol. The smallest absolute Gasteiger partial charge is 0.172 e. The molecule has 2 heteroatoms. The van der Waals surface area contributed by atoms with E-state index in [2.05, 4.69) is 6.58 Å². The van der Waals surface area contributed by atoms with Crippen LogP contribution in [0, 0.1) is 5.92 Å². The van der Waals surface area contributed by atoms with E-state index >= 15 is 0 Å². The number of rotatable bonds is 3. The van der Waals surface area contributed by atoms with Gasteiger partial charge in [0.2, 0.25) is 0 Å². The van der Waals surface area contributed by atoms with E-state index in [9.17, 15) is 4.79 Å². The number of carbonyl (C=O) groups excluding carboxylic acids is 1. The lowest BCUT2D eigenvalue weighted by Gasteiger charge is -2.10. The summed E-state index contributed by atoms with van der Waals surface area (Å²) < 4.78 is 0. The molecule has 0 amide bonds. The molecule has 0 heterocycles. The molecule has 0 saturated carbocycles. The van der Waals surface area contributed by atoms with Crippen molar-refractivity contribution < 1.29 is 4.79 Å². The molecular weight excluding hydrogens is 114 g/mol. The summed E-state index contributed by atoms with van der Waals surface area (Å²) in [7, 11) is 0. The van der Waals surface area contributed by atoms with Crippen LogP contribution >= 0.6 is 0 Å². The number of nitrogens with two attached hydrogens (primary N) is 1. The normalized spacial score (nSPS) is 13.3. The van der Waals surface area contributed by atoms with Crippen molar-refractivity contribution in [3.8, 4) is 0 Å². The fourth-order valence-corrected chi connectivity index (χ4v) is 0.465. The molecule has 0 aliphatic carbocycles. The predicted octanol–water partition coefficient (Wildman–Crippen LogP) is 0.725. The third-order valence-electron chi connectivity index (χ3n) is 1.25. The van der Waals surface area contributed by atoms with Crippen LogP contribution in [0.15, 0.2) is 12.7 Å². The Labute approximate surface area is 55.7 Å². The van der Waals surface area contributed by atoms with Crippen molar-refractivity contribution in [1.82, 2.24) is 0 Å². The zero-order chi connectivity index (χ0) is 7.44. The first-order valence-electron chi connectivity index (χ1n) is 3.01. The lowest BCUT2D eigenvalue weighted by Crippen LogP contribution is -2.34. The van der Waals surface area contributed by atoms with Crippen molar-refractivity contribution in [3.05, 3.63) is 12.7 Å². The minimum absolute atomic E-state index is 0.0787. The van der Waals surface area contributed by atoms with Crippen LogP contribution in [0.4, 0.5) is 0 Å². The first-order chi connectivity index (χ1) is 4.09. The number of carbonyl (C=O) groups is 1. The monoisotopic (exact) mass is 127 g/mol. The SMILES string of the molecule is C=CC(=O)C(N)C(C)C. The molecule has 0 spiro atoms. The molecule has 0 fully saturated rings. The van der Waals surface area contributed by atoms with Crippen molar-refractivity contribution in [2.45, 2.75) is 19.9 Å². The van der Waals surface area contributed by atoms with E-state index in [1.165, 1.54) is 6.08 Å². The molecule has 0 aromatic rings. The molecular formula is C7H13NO. The molecule has 1 unspecified atom stereocenters. The molecule has 0 aliphatic heterocycles. The zero-order valence-corrected chi connectivity index (χ0v) is 5.92. The van der Waals surface area contributed by atoms with E-state index in [1.807, 2.05) is 13.8 Å². The Hall–Kier alpha value is -0.630. The largest absolute Gasteiger partial charge is 0.321 e. The van der Waals surface area contributed by atoms with Crippen LogP contribution in [0.5, 0.6) is 0 Å². The second kappa shape index (κ2) is 3.41. The van der Waals surface area contributed by atoms with Crippen molar-refractivity contribution in [1.29, 1.82) is 0 Å². The van der Waals surface area contributed by atoms with Gasteiger partial charge in [0, 0.05) is 0 Å².